The van der Waals surface area contributed by atoms with Crippen LogP contribution in [-0.4, -0.2) is 37.6 Å². The monoisotopic (exact) mass is 276 g/mol. The number of hydrogen-bond donors (Lipinski definition) is 1. The van der Waals surface area contributed by atoms with E-state index in [1.165, 1.54) is 5.56 Å². The van der Waals surface area contributed by atoms with E-state index in [1.807, 2.05) is 37.8 Å². The summed E-state index contributed by atoms with van der Waals surface area (Å²) in [6, 6.07) is 8.23. The van der Waals surface area contributed by atoms with Gasteiger partial charge in [0.2, 0.25) is 5.91 Å². The smallest absolute Gasteiger partial charge is 0.228 e. The van der Waals surface area contributed by atoms with Crippen LogP contribution in [-0.2, 0) is 4.79 Å². The minimum atomic E-state index is -0.318. The number of methoxy groups -OCH3 is 1. The predicted molar refractivity (Wildman–Crippen MR) is 79.8 cm³/mol. The summed E-state index contributed by atoms with van der Waals surface area (Å²) < 4.78 is 5.18. The summed E-state index contributed by atoms with van der Waals surface area (Å²) >= 11 is 0. The number of carbonyl (C=O) groups is 1. The van der Waals surface area contributed by atoms with Gasteiger partial charge in [-0.2, -0.15) is 0 Å². The molecule has 1 atom stereocenters. The molecule has 2 rings (SSSR count). The third kappa shape index (κ3) is 3.31. The third-order valence-corrected chi connectivity index (χ3v) is 3.62. The topological polar surface area (TPSA) is 41.6 Å². The molecule has 1 saturated heterocycles. The fraction of sp³-hybridized carbons (Fsp3) is 0.562. The number of benzene rings is 1. The van der Waals surface area contributed by atoms with Crippen LogP contribution in [0, 0.1) is 5.41 Å². The lowest BCUT2D eigenvalue weighted by atomic mass is 9.93. The lowest BCUT2D eigenvalue weighted by Crippen LogP contribution is -2.51. The largest absolute Gasteiger partial charge is 0.497 e. The number of nitrogens with zero attached hydrogens (tertiary/aromatic N) is 1. The van der Waals surface area contributed by atoms with Crippen molar-refractivity contribution in [3.05, 3.63) is 29.8 Å². The van der Waals surface area contributed by atoms with E-state index < -0.39 is 0 Å². The van der Waals surface area contributed by atoms with E-state index in [0.29, 0.717) is 0 Å². The molecule has 1 aliphatic rings. The van der Waals surface area contributed by atoms with E-state index in [2.05, 4.69) is 17.4 Å². The summed E-state index contributed by atoms with van der Waals surface area (Å²) in [7, 11) is 1.66. The van der Waals surface area contributed by atoms with Gasteiger partial charge in [-0.1, -0.05) is 32.9 Å². The van der Waals surface area contributed by atoms with Crippen molar-refractivity contribution in [3.8, 4) is 5.75 Å². The average molecular weight is 276 g/mol. The normalized spacial score (nSPS) is 19.8. The van der Waals surface area contributed by atoms with Crippen LogP contribution in [0.1, 0.15) is 32.4 Å². The molecule has 0 bridgehead atoms. The Morgan fingerprint density at radius 1 is 1.30 bits per heavy atom. The minimum absolute atomic E-state index is 0.195. The van der Waals surface area contributed by atoms with Gasteiger partial charge < -0.3 is 15.0 Å². The van der Waals surface area contributed by atoms with Gasteiger partial charge in [-0.05, 0) is 17.7 Å². The zero-order valence-corrected chi connectivity index (χ0v) is 12.8. The van der Waals surface area contributed by atoms with Gasteiger partial charge in [0.15, 0.2) is 0 Å². The Balaban J connectivity index is 2.08. The van der Waals surface area contributed by atoms with Crippen LogP contribution < -0.4 is 10.1 Å². The fourth-order valence-electron chi connectivity index (χ4n) is 2.47. The number of rotatable bonds is 2. The minimum Gasteiger partial charge on any atom is -0.497 e. The molecule has 0 radical (unpaired) electrons. The molecule has 0 saturated carbocycles. The second-order valence-electron chi connectivity index (χ2n) is 6.28. The maximum absolute atomic E-state index is 12.4. The standard InChI is InChI=1S/C16H24N2O2/c1-16(2,3)15(19)18-10-9-17-14(11-18)12-5-7-13(20-4)8-6-12/h5-8,14,17H,9-11H2,1-4H3. The first-order chi connectivity index (χ1) is 9.41. The van der Waals surface area contributed by atoms with Crippen LogP contribution in [0.4, 0.5) is 0 Å². The number of piperazine rings is 1. The first-order valence-electron chi connectivity index (χ1n) is 7.08. The fourth-order valence-corrected chi connectivity index (χ4v) is 2.47. The summed E-state index contributed by atoms with van der Waals surface area (Å²) in [5.41, 5.74) is 0.874. The number of nitrogens with one attached hydrogen (secondary N) is 1. The highest BCUT2D eigenvalue weighted by atomic mass is 16.5. The van der Waals surface area contributed by atoms with Crippen molar-refractivity contribution in [1.82, 2.24) is 10.2 Å². The lowest BCUT2D eigenvalue weighted by molar-refractivity contribution is -0.140. The summed E-state index contributed by atoms with van der Waals surface area (Å²) in [4.78, 5) is 14.3. The van der Waals surface area contributed by atoms with Gasteiger partial charge in [-0.15, -0.1) is 0 Å². The second kappa shape index (κ2) is 5.83. The molecule has 4 nitrogen and oxygen atoms in total. The molecule has 0 aliphatic carbocycles. The Morgan fingerprint density at radius 3 is 2.50 bits per heavy atom. The molecular formula is C16H24N2O2. The van der Waals surface area contributed by atoms with Crippen molar-refractivity contribution in [3.63, 3.8) is 0 Å². The van der Waals surface area contributed by atoms with E-state index in [-0.39, 0.29) is 17.4 Å². The molecule has 1 amide bonds. The highest BCUT2D eigenvalue weighted by Crippen LogP contribution is 2.24. The van der Waals surface area contributed by atoms with E-state index in [1.54, 1.807) is 7.11 Å². The van der Waals surface area contributed by atoms with Gasteiger partial charge in [0, 0.05) is 31.1 Å². The molecule has 1 unspecified atom stereocenters. The molecule has 1 aromatic carbocycles. The number of hydrogen-bond acceptors (Lipinski definition) is 3. The SMILES string of the molecule is COc1ccc(C2CN(C(=O)C(C)(C)C)CCN2)cc1. The Labute approximate surface area is 121 Å². The van der Waals surface area contributed by atoms with Crippen LogP contribution >= 0.6 is 0 Å². The first-order valence-corrected chi connectivity index (χ1v) is 7.08. The Morgan fingerprint density at radius 2 is 1.95 bits per heavy atom. The summed E-state index contributed by atoms with van der Waals surface area (Å²) in [5, 5.41) is 3.47. The van der Waals surface area contributed by atoms with E-state index >= 15 is 0 Å². The maximum Gasteiger partial charge on any atom is 0.228 e. The van der Waals surface area contributed by atoms with E-state index in [0.717, 1.165) is 25.4 Å². The van der Waals surface area contributed by atoms with Crippen LogP contribution in [0.25, 0.3) is 0 Å². The van der Waals surface area contributed by atoms with Gasteiger partial charge in [0.25, 0.3) is 0 Å². The molecule has 1 N–H and O–H groups in total. The van der Waals surface area contributed by atoms with Crippen molar-refractivity contribution in [1.29, 1.82) is 0 Å². The Hall–Kier alpha value is -1.55. The molecule has 1 aromatic rings. The quantitative estimate of drug-likeness (QED) is 0.900. The summed E-state index contributed by atoms with van der Waals surface area (Å²) in [6.07, 6.45) is 0. The second-order valence-corrected chi connectivity index (χ2v) is 6.28. The summed E-state index contributed by atoms with van der Waals surface area (Å²) in [6.45, 7) is 8.25. The van der Waals surface area contributed by atoms with Crippen molar-refractivity contribution in [2.45, 2.75) is 26.8 Å². The molecule has 20 heavy (non-hydrogen) atoms. The first kappa shape index (κ1) is 14.9. The van der Waals surface area contributed by atoms with Crippen molar-refractivity contribution in [2.75, 3.05) is 26.7 Å². The molecule has 0 spiro atoms. The van der Waals surface area contributed by atoms with Crippen molar-refractivity contribution in [2.24, 2.45) is 5.41 Å². The Kier molecular flexibility index (Phi) is 4.33. The van der Waals surface area contributed by atoms with Crippen LogP contribution in [0.5, 0.6) is 5.75 Å². The number of amides is 1. The molecule has 1 heterocycles. The van der Waals surface area contributed by atoms with Gasteiger partial charge in [-0.25, -0.2) is 0 Å². The third-order valence-electron chi connectivity index (χ3n) is 3.62. The van der Waals surface area contributed by atoms with Crippen LogP contribution in [0.15, 0.2) is 24.3 Å². The van der Waals surface area contributed by atoms with Gasteiger partial charge in [-0.3, -0.25) is 4.79 Å². The van der Waals surface area contributed by atoms with Crippen molar-refractivity contribution < 1.29 is 9.53 Å². The molecular weight excluding hydrogens is 252 g/mol. The number of carbonyl (C=O) groups excluding carboxylic acids is 1. The lowest BCUT2D eigenvalue weighted by Gasteiger charge is -2.37. The molecule has 0 aromatic heterocycles. The van der Waals surface area contributed by atoms with E-state index in [4.69, 9.17) is 4.74 Å². The Bertz CT molecular complexity index is 462. The molecule has 110 valence electrons. The highest BCUT2D eigenvalue weighted by Gasteiger charge is 2.31. The van der Waals surface area contributed by atoms with Gasteiger partial charge in [0.05, 0.1) is 7.11 Å². The van der Waals surface area contributed by atoms with Crippen molar-refractivity contribution >= 4 is 5.91 Å². The molecule has 1 aliphatic heterocycles. The molecule has 1 fully saturated rings. The predicted octanol–water partition coefficient (Wildman–Crippen LogP) is 2.21. The molecule has 4 heteroatoms. The van der Waals surface area contributed by atoms with Gasteiger partial charge in [0.1, 0.15) is 5.75 Å². The highest BCUT2D eigenvalue weighted by molar-refractivity contribution is 5.81. The summed E-state index contributed by atoms with van der Waals surface area (Å²) in [5.74, 6) is 1.07. The maximum atomic E-state index is 12.4. The average Bonchev–Trinajstić information content (AvgIpc) is 2.46. The zero-order chi connectivity index (χ0) is 14.8. The van der Waals surface area contributed by atoms with Crippen LogP contribution in [0.2, 0.25) is 0 Å². The number of ether oxygens (including phenoxy) is 1. The zero-order valence-electron chi connectivity index (χ0n) is 12.8. The van der Waals surface area contributed by atoms with E-state index in [9.17, 15) is 4.79 Å². The van der Waals surface area contributed by atoms with Crippen LogP contribution in [0.3, 0.4) is 0 Å². The van der Waals surface area contributed by atoms with Gasteiger partial charge >= 0.3 is 0 Å².